The number of nitrogens with one attached hydrogen (secondary N) is 1. The summed E-state index contributed by atoms with van der Waals surface area (Å²) in [6, 6.07) is 0. The quantitative estimate of drug-likeness (QED) is 0.258. The number of hydrogen-bond acceptors (Lipinski definition) is 2. The minimum Gasteiger partial charge on any atom is -0.329 e. The van der Waals surface area contributed by atoms with Crippen molar-refractivity contribution in [3.8, 4) is 0 Å². The molecule has 68 valence electrons. The van der Waals surface area contributed by atoms with Crippen LogP contribution in [-0.2, 0) is 16.1 Å². The summed E-state index contributed by atoms with van der Waals surface area (Å²) in [4.78, 5) is 6.59. The van der Waals surface area contributed by atoms with Crippen LogP contribution in [-0.4, -0.2) is 47.5 Å². The largest absolute Gasteiger partial charge is 0.329 e. The van der Waals surface area contributed by atoms with Gasteiger partial charge in [-0.2, -0.15) is 0 Å². The van der Waals surface area contributed by atoms with Crippen LogP contribution in [0.25, 0.3) is 0 Å². The topological polar surface area (TPSA) is 58.6 Å². The van der Waals surface area contributed by atoms with Crippen molar-refractivity contribution in [2.45, 2.75) is 0 Å². The molecule has 0 amide bonds. The number of hydrogen-bond donors (Lipinski definition) is 2. The molecule has 0 aliphatic carbocycles. The zero-order chi connectivity index (χ0) is 8.91. The standard InChI is InChI=1S/C5H14N2O3S/c1-7(2,3)4-5-10-6-11(8)9/h6H,4-5H2,1-3H3/p+1. The van der Waals surface area contributed by atoms with Crippen LogP contribution in [0.4, 0.5) is 0 Å². The van der Waals surface area contributed by atoms with E-state index in [1.807, 2.05) is 26.0 Å². The third-order valence-electron chi connectivity index (χ3n) is 0.994. The predicted octanol–water partition coefficient (Wildman–Crippen LogP) is -0.649. The van der Waals surface area contributed by atoms with Gasteiger partial charge in [0.2, 0.25) is 0 Å². The van der Waals surface area contributed by atoms with Gasteiger partial charge in [-0.3, -0.25) is 9.39 Å². The zero-order valence-electron chi connectivity index (χ0n) is 7.03. The van der Waals surface area contributed by atoms with Crippen molar-refractivity contribution in [1.29, 1.82) is 0 Å². The number of quaternary nitrogens is 1. The van der Waals surface area contributed by atoms with E-state index in [1.54, 1.807) is 0 Å². The first kappa shape index (κ1) is 11.0. The van der Waals surface area contributed by atoms with Gasteiger partial charge in [0.1, 0.15) is 13.2 Å². The van der Waals surface area contributed by atoms with Crippen LogP contribution in [0.2, 0.25) is 0 Å². The first-order valence-corrected chi connectivity index (χ1v) is 4.31. The minimum atomic E-state index is -2.07. The van der Waals surface area contributed by atoms with Crippen molar-refractivity contribution in [2.75, 3.05) is 34.3 Å². The second-order valence-corrected chi connectivity index (χ2v) is 3.86. The van der Waals surface area contributed by atoms with Crippen LogP contribution >= 0.6 is 0 Å². The van der Waals surface area contributed by atoms with Crippen LogP contribution in [0.3, 0.4) is 0 Å². The number of nitrogens with zero attached hydrogens (tertiary/aromatic N) is 1. The summed E-state index contributed by atoms with van der Waals surface area (Å²) < 4.78 is 19.0. The van der Waals surface area contributed by atoms with E-state index in [0.29, 0.717) is 6.61 Å². The fourth-order valence-electron chi connectivity index (χ4n) is 0.412. The molecule has 0 heterocycles. The monoisotopic (exact) mass is 183 g/mol. The second-order valence-electron chi connectivity index (χ2n) is 3.19. The predicted molar refractivity (Wildman–Crippen MR) is 42.8 cm³/mol. The van der Waals surface area contributed by atoms with Crippen LogP contribution in [0.5, 0.6) is 0 Å². The molecule has 0 aliphatic heterocycles. The smallest absolute Gasteiger partial charge is 0.256 e. The molecule has 2 N–H and O–H groups in total. The Labute approximate surface area is 69.3 Å². The average molecular weight is 183 g/mol. The molecule has 1 atom stereocenters. The lowest BCUT2D eigenvalue weighted by atomic mass is 10.5. The highest BCUT2D eigenvalue weighted by Crippen LogP contribution is 1.87. The van der Waals surface area contributed by atoms with Crippen molar-refractivity contribution in [3.63, 3.8) is 0 Å². The Hall–Kier alpha value is -0.0100. The summed E-state index contributed by atoms with van der Waals surface area (Å²) in [5.74, 6) is 0. The highest BCUT2D eigenvalue weighted by atomic mass is 32.2. The lowest BCUT2D eigenvalue weighted by Crippen LogP contribution is -2.38. The van der Waals surface area contributed by atoms with E-state index in [9.17, 15) is 4.21 Å². The van der Waals surface area contributed by atoms with Gasteiger partial charge >= 0.3 is 0 Å². The molecule has 0 spiro atoms. The molecule has 6 heteroatoms. The van der Waals surface area contributed by atoms with Gasteiger partial charge in [-0.05, 0) is 0 Å². The van der Waals surface area contributed by atoms with Gasteiger partial charge in [0, 0.05) is 0 Å². The molecule has 1 unspecified atom stereocenters. The Morgan fingerprint density at radius 1 is 1.55 bits per heavy atom. The van der Waals surface area contributed by atoms with Gasteiger partial charge in [0.25, 0.3) is 11.3 Å². The third-order valence-corrected chi connectivity index (χ3v) is 1.25. The number of likely N-dealkylation sites (N-methyl/N-ethyl adjacent to an activating group) is 1. The Morgan fingerprint density at radius 3 is 2.45 bits per heavy atom. The van der Waals surface area contributed by atoms with Crippen molar-refractivity contribution < 1.29 is 18.1 Å². The zero-order valence-corrected chi connectivity index (χ0v) is 7.85. The van der Waals surface area contributed by atoms with Gasteiger partial charge in [0.15, 0.2) is 0 Å². The lowest BCUT2D eigenvalue weighted by molar-refractivity contribution is -0.870. The molecule has 0 radical (unpaired) electrons. The molecule has 0 fully saturated rings. The minimum absolute atomic E-state index is 0.413. The molecule has 0 aromatic carbocycles. The van der Waals surface area contributed by atoms with Gasteiger partial charge in [-0.1, -0.05) is 4.89 Å². The SMILES string of the molecule is C[N+](C)(C)CCONS(=O)O. The Kier molecular flexibility index (Phi) is 4.78. The van der Waals surface area contributed by atoms with Gasteiger partial charge in [0.05, 0.1) is 21.1 Å². The molecule has 0 bridgehead atoms. The Balaban J connectivity index is 3.22. The van der Waals surface area contributed by atoms with Gasteiger partial charge < -0.3 is 4.48 Å². The van der Waals surface area contributed by atoms with E-state index in [4.69, 9.17) is 4.55 Å². The second kappa shape index (κ2) is 4.78. The molecule has 0 saturated heterocycles. The fraction of sp³-hybridized carbons (Fsp3) is 1.00. The molecule has 0 aliphatic rings. The van der Waals surface area contributed by atoms with Gasteiger partial charge in [-0.15, -0.1) is 0 Å². The van der Waals surface area contributed by atoms with Gasteiger partial charge in [-0.25, -0.2) is 4.21 Å². The van der Waals surface area contributed by atoms with Crippen molar-refractivity contribution in [3.05, 3.63) is 0 Å². The van der Waals surface area contributed by atoms with E-state index in [-0.39, 0.29) is 0 Å². The molecule has 11 heavy (non-hydrogen) atoms. The van der Waals surface area contributed by atoms with E-state index >= 15 is 0 Å². The normalized spacial score (nSPS) is 14.9. The molecule has 0 aromatic heterocycles. The van der Waals surface area contributed by atoms with E-state index in [1.165, 1.54) is 0 Å². The van der Waals surface area contributed by atoms with E-state index in [0.717, 1.165) is 11.0 Å². The summed E-state index contributed by atoms with van der Waals surface area (Å²) in [7, 11) is 6.04. The molecule has 0 rings (SSSR count). The Bertz CT molecular complexity index is 134. The summed E-state index contributed by atoms with van der Waals surface area (Å²) in [5.41, 5.74) is 0. The van der Waals surface area contributed by atoms with Crippen LogP contribution in [0.15, 0.2) is 0 Å². The summed E-state index contributed by atoms with van der Waals surface area (Å²) in [6.45, 7) is 1.19. The van der Waals surface area contributed by atoms with Crippen molar-refractivity contribution >= 4 is 11.3 Å². The summed E-state index contributed by atoms with van der Waals surface area (Å²) >= 11 is -2.07. The molecule has 5 nitrogen and oxygen atoms in total. The van der Waals surface area contributed by atoms with Crippen LogP contribution in [0.1, 0.15) is 0 Å². The van der Waals surface area contributed by atoms with Crippen molar-refractivity contribution in [2.24, 2.45) is 0 Å². The maximum Gasteiger partial charge on any atom is 0.256 e. The van der Waals surface area contributed by atoms with E-state index < -0.39 is 11.3 Å². The van der Waals surface area contributed by atoms with Crippen LogP contribution < -0.4 is 4.89 Å². The fourth-order valence-corrected chi connectivity index (χ4v) is 0.596. The maximum absolute atomic E-state index is 9.99. The molecule has 0 saturated carbocycles. The molecular weight excluding hydrogens is 168 g/mol. The summed E-state index contributed by atoms with van der Waals surface area (Å²) in [5, 5.41) is 0. The maximum atomic E-state index is 9.99. The molecule has 0 aromatic rings. The third kappa shape index (κ3) is 9.99. The highest BCUT2D eigenvalue weighted by Gasteiger charge is 2.05. The van der Waals surface area contributed by atoms with E-state index in [2.05, 4.69) is 4.84 Å². The van der Waals surface area contributed by atoms with Crippen LogP contribution in [0, 0.1) is 0 Å². The molecular formula is C5H15N2O3S+. The number of rotatable bonds is 5. The summed E-state index contributed by atoms with van der Waals surface area (Å²) in [6.07, 6.45) is 0. The highest BCUT2D eigenvalue weighted by molar-refractivity contribution is 7.76. The lowest BCUT2D eigenvalue weighted by Gasteiger charge is -2.23. The first-order chi connectivity index (χ1) is 4.92. The first-order valence-electron chi connectivity index (χ1n) is 3.20. The van der Waals surface area contributed by atoms with Crippen molar-refractivity contribution in [1.82, 2.24) is 4.89 Å². The Morgan fingerprint density at radius 2 is 2.09 bits per heavy atom. The average Bonchev–Trinajstić information content (AvgIpc) is 1.78.